The van der Waals surface area contributed by atoms with Crippen LogP contribution < -0.4 is 0 Å². The van der Waals surface area contributed by atoms with Gasteiger partial charge in [0.2, 0.25) is 0 Å². The van der Waals surface area contributed by atoms with Gasteiger partial charge in [-0.2, -0.15) is 6.07 Å². The van der Waals surface area contributed by atoms with Gasteiger partial charge >= 0.3 is 0 Å². The molecule has 1 heteroatoms. The Morgan fingerprint density at radius 2 is 1.64 bits per heavy atom. The van der Waals surface area contributed by atoms with Crippen molar-refractivity contribution in [2.75, 3.05) is 0 Å². The van der Waals surface area contributed by atoms with E-state index in [4.69, 9.17) is 0 Å². The van der Waals surface area contributed by atoms with Gasteiger partial charge < -0.3 is 0 Å². The van der Waals surface area contributed by atoms with Crippen molar-refractivity contribution >= 4 is 21.5 Å². The molecular weight excluding hydrogens is 416 g/mol. The maximum atomic E-state index is 2.47. The van der Waals surface area contributed by atoms with Crippen molar-refractivity contribution in [1.29, 1.82) is 0 Å². The molecular formula is C27H27Zr-. The van der Waals surface area contributed by atoms with E-state index in [0.717, 1.165) is 5.92 Å². The first kappa shape index (κ1) is 19.7. The Kier molecular flexibility index (Phi) is 5.93. The Morgan fingerprint density at radius 3 is 2.46 bits per heavy atom. The Labute approximate surface area is 187 Å². The standard InChI is InChI=1S/C27H27.Zr/c1-19-13-25-16-21(15-20-7-3-2-4-8-20)17-27(25)26(14-19)24-12-11-22-9-5-6-10-23(22)18-24;/h5-6,9-14,16-18,20H,2-4,7-8,15H2,1H3;/q-1;. The van der Waals surface area contributed by atoms with E-state index in [1.807, 2.05) is 0 Å². The first-order chi connectivity index (χ1) is 13.3. The summed E-state index contributed by atoms with van der Waals surface area (Å²) in [6.07, 6.45) is 8.37. The summed E-state index contributed by atoms with van der Waals surface area (Å²) in [6.45, 7) is 2.22. The van der Waals surface area contributed by atoms with Gasteiger partial charge in [-0.05, 0) is 41.7 Å². The Morgan fingerprint density at radius 1 is 0.857 bits per heavy atom. The number of hydrogen-bond acceptors (Lipinski definition) is 0. The largest absolute Gasteiger partial charge is 0.164 e. The van der Waals surface area contributed by atoms with Gasteiger partial charge in [-0.1, -0.05) is 85.7 Å². The fraction of sp³-hybridized carbons (Fsp3) is 0.296. The van der Waals surface area contributed by atoms with E-state index in [0.29, 0.717) is 0 Å². The van der Waals surface area contributed by atoms with Crippen LogP contribution in [0.15, 0.2) is 66.7 Å². The van der Waals surface area contributed by atoms with Crippen LogP contribution in [-0.4, -0.2) is 0 Å². The zero-order valence-electron chi connectivity index (χ0n) is 16.7. The average Bonchev–Trinajstić information content (AvgIpc) is 3.09. The van der Waals surface area contributed by atoms with E-state index in [-0.39, 0.29) is 26.2 Å². The van der Waals surface area contributed by atoms with Gasteiger partial charge in [0.1, 0.15) is 0 Å². The van der Waals surface area contributed by atoms with Gasteiger partial charge in [0.05, 0.1) is 0 Å². The van der Waals surface area contributed by atoms with Gasteiger partial charge in [0, 0.05) is 26.2 Å². The van der Waals surface area contributed by atoms with Crippen LogP contribution in [0.4, 0.5) is 0 Å². The second kappa shape index (κ2) is 8.42. The van der Waals surface area contributed by atoms with E-state index in [2.05, 4.69) is 73.7 Å². The van der Waals surface area contributed by atoms with Crippen LogP contribution in [0.2, 0.25) is 0 Å². The summed E-state index contributed by atoms with van der Waals surface area (Å²) >= 11 is 0. The molecule has 0 radical (unpaired) electrons. The third-order valence-electron chi connectivity index (χ3n) is 6.34. The quantitative estimate of drug-likeness (QED) is 0.284. The molecule has 28 heavy (non-hydrogen) atoms. The van der Waals surface area contributed by atoms with E-state index in [1.54, 1.807) is 0 Å². The summed E-state index contributed by atoms with van der Waals surface area (Å²) in [7, 11) is 0. The molecule has 1 saturated carbocycles. The van der Waals surface area contributed by atoms with Crippen LogP contribution in [0.25, 0.3) is 32.7 Å². The molecule has 1 fully saturated rings. The van der Waals surface area contributed by atoms with Gasteiger partial charge in [-0.3, -0.25) is 0 Å². The molecule has 0 atom stereocenters. The molecule has 4 aromatic carbocycles. The van der Waals surface area contributed by atoms with Crippen LogP contribution in [0.5, 0.6) is 0 Å². The molecule has 0 N–H and O–H groups in total. The van der Waals surface area contributed by atoms with Crippen molar-refractivity contribution in [3.63, 3.8) is 0 Å². The zero-order valence-corrected chi connectivity index (χ0v) is 19.1. The van der Waals surface area contributed by atoms with Gasteiger partial charge in [-0.25, -0.2) is 0 Å². The van der Waals surface area contributed by atoms with E-state index >= 15 is 0 Å². The van der Waals surface area contributed by atoms with E-state index < -0.39 is 0 Å². The summed E-state index contributed by atoms with van der Waals surface area (Å²) in [4.78, 5) is 0. The van der Waals surface area contributed by atoms with Crippen LogP contribution >= 0.6 is 0 Å². The van der Waals surface area contributed by atoms with Gasteiger partial charge in [-0.15, -0.1) is 28.5 Å². The molecule has 0 heterocycles. The minimum atomic E-state index is 0. The van der Waals surface area contributed by atoms with E-state index in [1.165, 1.54) is 82.3 Å². The molecule has 1 aliphatic carbocycles. The second-order valence-corrected chi connectivity index (χ2v) is 8.45. The van der Waals surface area contributed by atoms with Crippen molar-refractivity contribution in [2.45, 2.75) is 45.4 Å². The van der Waals surface area contributed by atoms with Crippen molar-refractivity contribution < 1.29 is 26.2 Å². The molecule has 4 aromatic rings. The number of benzene rings is 3. The second-order valence-electron chi connectivity index (χ2n) is 8.45. The van der Waals surface area contributed by atoms with Crippen molar-refractivity contribution in [3.05, 3.63) is 77.9 Å². The Bertz CT molecular complexity index is 1100. The van der Waals surface area contributed by atoms with Crippen molar-refractivity contribution in [2.24, 2.45) is 5.92 Å². The third-order valence-corrected chi connectivity index (χ3v) is 6.34. The topological polar surface area (TPSA) is 0 Å². The SMILES string of the molecule is Cc1cc(-c2ccc3ccccc3c2)c2cc(CC3CCCCC3)[cH-]c2c1.[Zr]. The van der Waals surface area contributed by atoms with E-state index in [9.17, 15) is 0 Å². The molecule has 0 bridgehead atoms. The Balaban J connectivity index is 0.00000192. The zero-order chi connectivity index (χ0) is 18.2. The monoisotopic (exact) mass is 441 g/mol. The van der Waals surface area contributed by atoms with Crippen LogP contribution in [0, 0.1) is 12.8 Å². The molecule has 5 rings (SSSR count). The van der Waals surface area contributed by atoms with Gasteiger partial charge in [0.25, 0.3) is 0 Å². The molecule has 0 aliphatic heterocycles. The van der Waals surface area contributed by atoms with Crippen LogP contribution in [-0.2, 0) is 32.6 Å². The summed E-state index contributed by atoms with van der Waals surface area (Å²) in [5.74, 6) is 0.890. The number of rotatable bonds is 3. The van der Waals surface area contributed by atoms with Crippen molar-refractivity contribution in [3.8, 4) is 11.1 Å². The minimum Gasteiger partial charge on any atom is -0.164 e. The summed E-state index contributed by atoms with van der Waals surface area (Å²) in [6, 6.07) is 25.1. The first-order valence-corrected chi connectivity index (χ1v) is 10.5. The fourth-order valence-electron chi connectivity index (χ4n) is 4.97. The molecule has 0 aromatic heterocycles. The van der Waals surface area contributed by atoms with Crippen LogP contribution in [0.3, 0.4) is 0 Å². The molecule has 0 spiro atoms. The van der Waals surface area contributed by atoms with Crippen LogP contribution in [0.1, 0.15) is 43.2 Å². The molecule has 0 unspecified atom stereocenters. The molecule has 0 amide bonds. The molecule has 0 saturated heterocycles. The summed E-state index contributed by atoms with van der Waals surface area (Å²) in [5, 5.41) is 5.45. The minimum absolute atomic E-state index is 0. The predicted octanol–water partition coefficient (Wildman–Crippen LogP) is 7.81. The summed E-state index contributed by atoms with van der Waals surface area (Å²) < 4.78 is 0. The van der Waals surface area contributed by atoms with Crippen molar-refractivity contribution in [1.82, 2.24) is 0 Å². The maximum Gasteiger partial charge on any atom is 0 e. The predicted molar refractivity (Wildman–Crippen MR) is 117 cm³/mol. The average molecular weight is 443 g/mol. The number of aryl methyl sites for hydroxylation is 1. The number of fused-ring (bicyclic) bond motifs is 2. The Hall–Kier alpha value is -1.59. The molecule has 1 aliphatic rings. The maximum absolute atomic E-state index is 2.47. The third kappa shape index (κ3) is 3.92. The number of hydrogen-bond donors (Lipinski definition) is 0. The first-order valence-electron chi connectivity index (χ1n) is 10.5. The normalized spacial score (nSPS) is 15.0. The summed E-state index contributed by atoms with van der Waals surface area (Å²) in [5.41, 5.74) is 5.59. The smallest absolute Gasteiger partial charge is 0 e. The molecule has 140 valence electrons. The molecule has 0 nitrogen and oxygen atoms in total. The fourth-order valence-corrected chi connectivity index (χ4v) is 4.97. The van der Waals surface area contributed by atoms with Gasteiger partial charge in [0.15, 0.2) is 0 Å².